The molecule has 0 saturated carbocycles. The van der Waals surface area contributed by atoms with Crippen LogP contribution in [0.3, 0.4) is 0 Å². The van der Waals surface area contributed by atoms with E-state index >= 15 is 0 Å². The minimum atomic E-state index is -0.733. The van der Waals surface area contributed by atoms with E-state index in [9.17, 15) is 9.59 Å². The summed E-state index contributed by atoms with van der Waals surface area (Å²) in [5.41, 5.74) is 3.05. The van der Waals surface area contributed by atoms with Crippen LogP contribution in [0.25, 0.3) is 11.0 Å². The van der Waals surface area contributed by atoms with Gasteiger partial charge in [-0.2, -0.15) is 5.10 Å². The van der Waals surface area contributed by atoms with Gasteiger partial charge >= 0.3 is 11.8 Å². The maximum absolute atomic E-state index is 12.6. The van der Waals surface area contributed by atoms with Gasteiger partial charge in [-0.05, 0) is 43.2 Å². The van der Waals surface area contributed by atoms with E-state index in [0.717, 1.165) is 17.8 Å². The number of hydrogen-bond donors (Lipinski definition) is 1. The van der Waals surface area contributed by atoms with Crippen LogP contribution in [0, 0.1) is 6.92 Å². The van der Waals surface area contributed by atoms with Crippen molar-refractivity contribution in [2.24, 2.45) is 0 Å². The Kier molecular flexibility index (Phi) is 4.97. The van der Waals surface area contributed by atoms with Crippen LogP contribution >= 0.6 is 0 Å². The first-order chi connectivity index (χ1) is 12.5. The first-order valence-electron chi connectivity index (χ1n) is 8.38. The molecule has 2 amide bonds. The fourth-order valence-electron chi connectivity index (χ4n) is 2.64. The maximum atomic E-state index is 12.6. The van der Waals surface area contributed by atoms with Crippen molar-refractivity contribution in [3.8, 4) is 0 Å². The van der Waals surface area contributed by atoms with Crippen LogP contribution in [-0.4, -0.2) is 43.4 Å². The monoisotopic (exact) mass is 356 g/mol. The normalized spacial score (nSPS) is 10.9. The highest BCUT2D eigenvalue weighted by atomic mass is 16.6. The zero-order valence-electron chi connectivity index (χ0n) is 14.9. The Morgan fingerprint density at radius 2 is 2.08 bits per heavy atom. The van der Waals surface area contributed by atoms with Gasteiger partial charge in [0, 0.05) is 31.4 Å². The molecule has 0 aliphatic heterocycles. The predicted molar refractivity (Wildman–Crippen MR) is 94.2 cm³/mol. The summed E-state index contributed by atoms with van der Waals surface area (Å²) < 4.78 is 6.47. The zero-order valence-corrected chi connectivity index (χ0v) is 14.9. The minimum Gasteiger partial charge on any atom is -0.330 e. The highest BCUT2D eigenvalue weighted by Gasteiger charge is 2.23. The van der Waals surface area contributed by atoms with Gasteiger partial charge in [-0.25, -0.2) is 4.63 Å². The highest BCUT2D eigenvalue weighted by molar-refractivity contribution is 6.40. The van der Waals surface area contributed by atoms with Crippen molar-refractivity contribution >= 4 is 28.5 Å². The summed E-state index contributed by atoms with van der Waals surface area (Å²) in [4.78, 5) is 26.5. The molecule has 0 bridgehead atoms. The number of likely N-dealkylation sites (N-methyl/N-ethyl adjacent to an activating group) is 1. The van der Waals surface area contributed by atoms with Crippen LogP contribution in [0.4, 0.5) is 5.69 Å². The number of benzene rings is 1. The smallest absolute Gasteiger partial charge is 0.313 e. The van der Waals surface area contributed by atoms with E-state index in [1.165, 1.54) is 4.90 Å². The molecule has 1 N–H and O–H groups in total. The van der Waals surface area contributed by atoms with Crippen molar-refractivity contribution in [3.05, 3.63) is 35.7 Å². The number of hydrogen-bond acceptors (Lipinski definition) is 6. The van der Waals surface area contributed by atoms with Crippen molar-refractivity contribution in [2.45, 2.75) is 33.9 Å². The van der Waals surface area contributed by atoms with E-state index in [-0.39, 0.29) is 0 Å². The molecule has 9 heteroatoms. The minimum absolute atomic E-state index is 0.324. The molecule has 2 heterocycles. The molecule has 26 heavy (non-hydrogen) atoms. The third kappa shape index (κ3) is 3.41. The number of fused-ring (bicyclic) bond motifs is 1. The van der Waals surface area contributed by atoms with E-state index in [2.05, 4.69) is 25.4 Å². The molecular formula is C17H20N6O3. The number of rotatable bonds is 5. The molecule has 0 atom stereocenters. The molecule has 136 valence electrons. The molecule has 0 unspecified atom stereocenters. The van der Waals surface area contributed by atoms with Gasteiger partial charge in [0.25, 0.3) is 0 Å². The van der Waals surface area contributed by atoms with Crippen molar-refractivity contribution in [2.75, 3.05) is 11.9 Å². The summed E-state index contributed by atoms with van der Waals surface area (Å²) in [6.07, 6.45) is 1.89. The summed E-state index contributed by atoms with van der Waals surface area (Å²) in [5, 5.41) is 14.4. The SMILES string of the molecule is CCN(Cc1cn(CC)nc1C)C(=O)C(=O)Nc1cccc2nonc12. The molecule has 3 rings (SSSR count). The number of carbonyl (C=O) groups is 2. The van der Waals surface area contributed by atoms with Crippen molar-refractivity contribution in [3.63, 3.8) is 0 Å². The van der Waals surface area contributed by atoms with Crippen LogP contribution in [0.1, 0.15) is 25.1 Å². The Labute approximate surface area is 149 Å². The van der Waals surface area contributed by atoms with Crippen molar-refractivity contribution in [1.29, 1.82) is 0 Å². The fourth-order valence-corrected chi connectivity index (χ4v) is 2.64. The highest BCUT2D eigenvalue weighted by Crippen LogP contribution is 2.19. The van der Waals surface area contributed by atoms with Gasteiger partial charge in [-0.1, -0.05) is 6.07 Å². The summed E-state index contributed by atoms with van der Waals surface area (Å²) >= 11 is 0. The largest absolute Gasteiger partial charge is 0.330 e. The average molecular weight is 356 g/mol. The Morgan fingerprint density at radius 3 is 2.77 bits per heavy atom. The Balaban J connectivity index is 1.74. The van der Waals surface area contributed by atoms with Crippen LogP contribution in [-0.2, 0) is 22.7 Å². The van der Waals surface area contributed by atoms with Crippen LogP contribution < -0.4 is 5.32 Å². The van der Waals surface area contributed by atoms with Gasteiger partial charge in [0.2, 0.25) is 0 Å². The molecular weight excluding hydrogens is 336 g/mol. The average Bonchev–Trinajstić information content (AvgIpc) is 3.26. The molecule has 1 aromatic carbocycles. The second-order valence-electron chi connectivity index (χ2n) is 5.81. The fraction of sp³-hybridized carbons (Fsp3) is 0.353. The molecule has 0 aliphatic rings. The van der Waals surface area contributed by atoms with E-state index < -0.39 is 11.8 Å². The lowest BCUT2D eigenvalue weighted by molar-refractivity contribution is -0.143. The third-order valence-corrected chi connectivity index (χ3v) is 4.13. The van der Waals surface area contributed by atoms with E-state index in [4.69, 9.17) is 0 Å². The topological polar surface area (TPSA) is 106 Å². The lowest BCUT2D eigenvalue weighted by Crippen LogP contribution is -2.39. The summed E-state index contributed by atoms with van der Waals surface area (Å²) in [6, 6.07) is 5.05. The molecule has 0 aliphatic carbocycles. The number of aromatic nitrogens is 4. The predicted octanol–water partition coefficient (Wildman–Crippen LogP) is 1.73. The number of aryl methyl sites for hydroxylation is 2. The van der Waals surface area contributed by atoms with Gasteiger partial charge in [0.05, 0.1) is 11.4 Å². The molecule has 0 saturated heterocycles. The second-order valence-corrected chi connectivity index (χ2v) is 5.81. The molecule has 2 aromatic heterocycles. The third-order valence-electron chi connectivity index (χ3n) is 4.13. The maximum Gasteiger partial charge on any atom is 0.313 e. The number of nitrogens with zero attached hydrogens (tertiary/aromatic N) is 5. The second kappa shape index (κ2) is 7.34. The van der Waals surface area contributed by atoms with Gasteiger partial charge < -0.3 is 10.2 Å². The summed E-state index contributed by atoms with van der Waals surface area (Å²) in [6.45, 7) is 7.18. The molecule has 9 nitrogen and oxygen atoms in total. The molecule has 0 radical (unpaired) electrons. The van der Waals surface area contributed by atoms with Crippen molar-refractivity contribution in [1.82, 2.24) is 25.0 Å². The van der Waals surface area contributed by atoms with Crippen LogP contribution in [0.2, 0.25) is 0 Å². The van der Waals surface area contributed by atoms with E-state index in [1.807, 2.05) is 27.0 Å². The number of amides is 2. The Morgan fingerprint density at radius 1 is 1.27 bits per heavy atom. The van der Waals surface area contributed by atoms with E-state index in [0.29, 0.717) is 29.8 Å². The number of carbonyl (C=O) groups excluding carboxylic acids is 2. The van der Waals surface area contributed by atoms with Gasteiger partial charge in [0.1, 0.15) is 5.52 Å². The van der Waals surface area contributed by atoms with E-state index in [1.54, 1.807) is 22.9 Å². The Hall–Kier alpha value is -3.23. The molecule has 3 aromatic rings. The first-order valence-corrected chi connectivity index (χ1v) is 8.38. The number of nitrogens with one attached hydrogen (secondary N) is 1. The molecule has 0 spiro atoms. The van der Waals surface area contributed by atoms with Gasteiger partial charge in [-0.15, -0.1) is 0 Å². The van der Waals surface area contributed by atoms with Crippen LogP contribution in [0.5, 0.6) is 0 Å². The standard InChI is InChI=1S/C17H20N6O3/c1-4-22(9-12-10-23(5-2)19-11(12)3)17(25)16(24)18-13-7-6-8-14-15(13)21-26-20-14/h6-8,10H,4-5,9H2,1-3H3,(H,18,24). The van der Waals surface area contributed by atoms with Crippen molar-refractivity contribution < 1.29 is 14.2 Å². The lowest BCUT2D eigenvalue weighted by atomic mass is 10.2. The lowest BCUT2D eigenvalue weighted by Gasteiger charge is -2.19. The zero-order chi connectivity index (χ0) is 18.7. The number of anilines is 1. The Bertz CT molecular complexity index is 945. The first kappa shape index (κ1) is 17.6. The van der Waals surface area contributed by atoms with Gasteiger partial charge in [-0.3, -0.25) is 14.3 Å². The quantitative estimate of drug-likeness (QED) is 0.698. The summed E-state index contributed by atoms with van der Waals surface area (Å²) in [5.74, 6) is -1.35. The van der Waals surface area contributed by atoms with Crippen LogP contribution in [0.15, 0.2) is 29.0 Å². The molecule has 0 fully saturated rings. The van der Waals surface area contributed by atoms with Gasteiger partial charge in [0.15, 0.2) is 5.52 Å². The summed E-state index contributed by atoms with van der Waals surface area (Å²) in [7, 11) is 0.